The van der Waals surface area contributed by atoms with E-state index in [4.69, 9.17) is 0 Å². The second-order valence-corrected chi connectivity index (χ2v) is 6.56. The number of rotatable bonds is 0. The molecule has 2 aliphatic rings. The fraction of sp³-hybridized carbons (Fsp3) is 0.545. The fourth-order valence-corrected chi connectivity index (χ4v) is 3.71. The molecule has 0 heterocycles. The van der Waals surface area contributed by atoms with Gasteiger partial charge in [-0.1, -0.05) is 36.0 Å². The van der Waals surface area contributed by atoms with Gasteiger partial charge in [0.05, 0.1) is 0 Å². The van der Waals surface area contributed by atoms with E-state index in [1.807, 2.05) is 0 Å². The molecule has 0 aromatic carbocycles. The van der Waals surface area contributed by atoms with Gasteiger partial charge >= 0.3 is 0 Å². The third kappa shape index (κ3) is 1.26. The van der Waals surface area contributed by atoms with Gasteiger partial charge in [0.1, 0.15) is 0 Å². The molecule has 0 spiro atoms. The Kier molecular flexibility index (Phi) is 2.14. The van der Waals surface area contributed by atoms with E-state index in [0.717, 1.165) is 0 Å². The summed E-state index contributed by atoms with van der Waals surface area (Å²) in [4.78, 5) is 0. The van der Waals surface area contributed by atoms with Gasteiger partial charge in [-0.2, -0.15) is 0 Å². The summed E-state index contributed by atoms with van der Waals surface area (Å²) in [6, 6.07) is 0. The molecule has 0 aliphatic heterocycles. The van der Waals surface area contributed by atoms with Gasteiger partial charge in [-0.15, -0.1) is 0 Å². The highest BCUT2D eigenvalue weighted by atomic mass is 28.2. The summed E-state index contributed by atoms with van der Waals surface area (Å²) in [7, 11) is -0.181. The second-order valence-electron chi connectivity index (χ2n) is 3.96. The normalized spacial score (nSPS) is 21.7. The van der Waals surface area contributed by atoms with E-state index in [1.54, 1.807) is 16.3 Å². The van der Waals surface area contributed by atoms with Crippen LogP contribution in [0.4, 0.5) is 0 Å². The minimum atomic E-state index is -0.181. The van der Waals surface area contributed by atoms with Gasteiger partial charge in [0.25, 0.3) is 0 Å². The molecule has 12 heavy (non-hydrogen) atoms. The highest BCUT2D eigenvalue weighted by Crippen LogP contribution is 2.30. The van der Waals surface area contributed by atoms with Crippen molar-refractivity contribution >= 4 is 13.6 Å². The molecule has 2 aliphatic carbocycles. The monoisotopic (exact) mass is 176 g/mol. The van der Waals surface area contributed by atoms with Crippen molar-refractivity contribution in [1.29, 1.82) is 0 Å². The molecular formula is C11H16Si. The van der Waals surface area contributed by atoms with E-state index in [-0.39, 0.29) is 8.41 Å². The first-order chi connectivity index (χ1) is 5.79. The van der Waals surface area contributed by atoms with Crippen molar-refractivity contribution in [1.82, 2.24) is 0 Å². The number of hydrogen-bond donors (Lipinski definition) is 0. The van der Waals surface area contributed by atoms with E-state index < -0.39 is 0 Å². The summed E-state index contributed by atoms with van der Waals surface area (Å²) in [5, 5.41) is 1.80. The maximum absolute atomic E-state index is 2.42. The molecule has 1 heteroatoms. The summed E-state index contributed by atoms with van der Waals surface area (Å²) in [5.74, 6) is 0. The van der Waals surface area contributed by atoms with Crippen molar-refractivity contribution in [3.05, 3.63) is 23.3 Å². The molecule has 0 amide bonds. The van der Waals surface area contributed by atoms with Crippen molar-refractivity contribution in [2.24, 2.45) is 0 Å². The Hall–Kier alpha value is -0.433. The van der Waals surface area contributed by atoms with Crippen molar-refractivity contribution in [3.8, 4) is 0 Å². The third-order valence-electron chi connectivity index (χ3n) is 2.86. The summed E-state index contributed by atoms with van der Waals surface area (Å²) in [5.41, 5.74) is 3.38. The standard InChI is InChI=1S/C11H16Si/c1-12(2)11-8-4-6-9-5-3-7-10(9)11/h3,7H,4-6,8H2,1-2H3. The molecule has 0 bridgehead atoms. The lowest BCUT2D eigenvalue weighted by Gasteiger charge is -2.18. The maximum Gasteiger partial charge on any atom is 0.00824 e. The Balaban J connectivity index is 2.43. The lowest BCUT2D eigenvalue weighted by Crippen LogP contribution is -2.16. The Morgan fingerprint density at radius 3 is 2.83 bits per heavy atom. The number of allylic oxidation sites excluding steroid dienone is 4. The van der Waals surface area contributed by atoms with E-state index in [0.29, 0.717) is 0 Å². The maximum atomic E-state index is 2.42. The molecule has 0 N–H and O–H groups in total. The molecule has 0 atom stereocenters. The topological polar surface area (TPSA) is 0 Å². The SMILES string of the molecule is C[Si](C)=C1CCCC2=C1C=CC2. The molecule has 0 nitrogen and oxygen atoms in total. The van der Waals surface area contributed by atoms with E-state index in [1.165, 1.54) is 25.7 Å². The first kappa shape index (κ1) is 8.18. The lowest BCUT2D eigenvalue weighted by molar-refractivity contribution is 0.822. The van der Waals surface area contributed by atoms with Gasteiger partial charge in [-0.05, 0) is 31.3 Å². The first-order valence-corrected chi connectivity index (χ1v) is 7.34. The zero-order chi connectivity index (χ0) is 8.55. The second kappa shape index (κ2) is 3.13. The summed E-state index contributed by atoms with van der Waals surface area (Å²) in [6.45, 7) is 4.84. The van der Waals surface area contributed by atoms with Crippen molar-refractivity contribution in [2.45, 2.75) is 38.8 Å². The average molecular weight is 176 g/mol. The lowest BCUT2D eigenvalue weighted by atomic mass is 9.93. The largest absolute Gasteiger partial charge is 0.0799 e. The van der Waals surface area contributed by atoms with Gasteiger partial charge in [0.15, 0.2) is 0 Å². The van der Waals surface area contributed by atoms with Crippen LogP contribution in [0.2, 0.25) is 13.1 Å². The highest BCUT2D eigenvalue weighted by molar-refractivity contribution is 6.72. The Bertz CT molecular complexity index is 288. The fourth-order valence-electron chi connectivity index (χ4n) is 2.23. The summed E-state index contributed by atoms with van der Waals surface area (Å²) in [6.07, 6.45) is 10.1. The third-order valence-corrected chi connectivity index (χ3v) is 4.59. The van der Waals surface area contributed by atoms with Crippen molar-refractivity contribution in [3.63, 3.8) is 0 Å². The Morgan fingerprint density at radius 2 is 2.08 bits per heavy atom. The predicted molar refractivity (Wildman–Crippen MR) is 57.1 cm³/mol. The molecule has 0 fully saturated rings. The van der Waals surface area contributed by atoms with Crippen molar-refractivity contribution < 1.29 is 0 Å². The van der Waals surface area contributed by atoms with Crippen LogP contribution in [-0.2, 0) is 0 Å². The van der Waals surface area contributed by atoms with Crippen LogP contribution in [0.1, 0.15) is 25.7 Å². The van der Waals surface area contributed by atoms with Gasteiger partial charge in [-0.25, -0.2) is 0 Å². The van der Waals surface area contributed by atoms with Crippen LogP contribution in [0.3, 0.4) is 0 Å². The van der Waals surface area contributed by atoms with Crippen LogP contribution >= 0.6 is 0 Å². The van der Waals surface area contributed by atoms with E-state index in [2.05, 4.69) is 25.2 Å². The van der Waals surface area contributed by atoms with Crippen LogP contribution in [0.15, 0.2) is 23.3 Å². The molecule has 2 rings (SSSR count). The first-order valence-electron chi connectivity index (χ1n) is 4.84. The highest BCUT2D eigenvalue weighted by Gasteiger charge is 2.18. The Morgan fingerprint density at radius 1 is 1.25 bits per heavy atom. The molecule has 0 aromatic heterocycles. The van der Waals surface area contributed by atoms with Gasteiger partial charge in [0.2, 0.25) is 0 Å². The minimum Gasteiger partial charge on any atom is -0.0799 e. The summed E-state index contributed by atoms with van der Waals surface area (Å²) >= 11 is 0. The van der Waals surface area contributed by atoms with Crippen LogP contribution in [0, 0.1) is 0 Å². The quantitative estimate of drug-likeness (QED) is 0.498. The molecule has 64 valence electrons. The van der Waals surface area contributed by atoms with E-state index >= 15 is 0 Å². The van der Waals surface area contributed by atoms with Crippen LogP contribution in [0.25, 0.3) is 0 Å². The zero-order valence-electron chi connectivity index (χ0n) is 7.98. The number of hydrogen-bond acceptors (Lipinski definition) is 0. The smallest absolute Gasteiger partial charge is 0.00824 e. The van der Waals surface area contributed by atoms with Gasteiger partial charge in [-0.3, -0.25) is 0 Å². The van der Waals surface area contributed by atoms with Crippen LogP contribution in [0.5, 0.6) is 0 Å². The molecule has 0 aromatic rings. The molecule has 0 unspecified atom stereocenters. The minimum absolute atomic E-state index is 0.181. The average Bonchev–Trinajstić information content (AvgIpc) is 2.49. The van der Waals surface area contributed by atoms with Gasteiger partial charge in [0, 0.05) is 8.41 Å². The van der Waals surface area contributed by atoms with Crippen LogP contribution < -0.4 is 0 Å². The molecular weight excluding hydrogens is 160 g/mol. The van der Waals surface area contributed by atoms with Crippen LogP contribution in [-0.4, -0.2) is 13.6 Å². The van der Waals surface area contributed by atoms with E-state index in [9.17, 15) is 0 Å². The van der Waals surface area contributed by atoms with Gasteiger partial charge < -0.3 is 0 Å². The predicted octanol–water partition coefficient (Wildman–Crippen LogP) is 2.94. The Labute approximate surface area is 76.2 Å². The molecule has 0 saturated heterocycles. The zero-order valence-corrected chi connectivity index (χ0v) is 8.98. The summed E-state index contributed by atoms with van der Waals surface area (Å²) < 4.78 is 0. The van der Waals surface area contributed by atoms with Crippen molar-refractivity contribution in [2.75, 3.05) is 0 Å². The molecule has 0 saturated carbocycles. The molecule has 0 radical (unpaired) electrons.